The summed E-state index contributed by atoms with van der Waals surface area (Å²) in [5.74, 6) is 0.129. The highest BCUT2D eigenvalue weighted by Gasteiger charge is 2.28. The lowest BCUT2D eigenvalue weighted by Crippen LogP contribution is -2.35. The van der Waals surface area contributed by atoms with E-state index in [1.807, 2.05) is 25.1 Å². The van der Waals surface area contributed by atoms with Crippen LogP contribution in [0, 0.1) is 6.92 Å². The fourth-order valence-electron chi connectivity index (χ4n) is 2.26. The van der Waals surface area contributed by atoms with E-state index >= 15 is 0 Å². The zero-order chi connectivity index (χ0) is 14.8. The van der Waals surface area contributed by atoms with Gasteiger partial charge in [-0.25, -0.2) is 8.42 Å². The Balaban J connectivity index is 1.82. The maximum atomic E-state index is 11.8. The molecule has 1 aromatic carbocycles. The zero-order valence-electron chi connectivity index (χ0n) is 11.4. The molecule has 1 N–H and O–H groups in total. The minimum atomic E-state index is -2.95. The van der Waals surface area contributed by atoms with Gasteiger partial charge in [-0.2, -0.15) is 0 Å². The van der Waals surface area contributed by atoms with Crippen molar-refractivity contribution in [3.05, 3.63) is 34.3 Å². The number of nitrogens with one attached hydrogen (secondary N) is 1. The molecule has 1 aliphatic heterocycles. The van der Waals surface area contributed by atoms with Gasteiger partial charge in [0, 0.05) is 17.5 Å². The molecule has 4 nitrogen and oxygen atoms in total. The van der Waals surface area contributed by atoms with Gasteiger partial charge in [0.25, 0.3) is 0 Å². The Morgan fingerprint density at radius 2 is 2.20 bits per heavy atom. The summed E-state index contributed by atoms with van der Waals surface area (Å²) in [5.41, 5.74) is 2.02. The van der Waals surface area contributed by atoms with Crippen molar-refractivity contribution in [2.75, 3.05) is 11.5 Å². The number of halogens is 1. The van der Waals surface area contributed by atoms with E-state index < -0.39 is 9.84 Å². The Hall–Kier alpha value is -1.07. The average molecular weight is 316 g/mol. The van der Waals surface area contributed by atoms with Crippen LogP contribution in [0.4, 0.5) is 0 Å². The first-order valence-electron chi connectivity index (χ1n) is 6.60. The highest BCUT2D eigenvalue weighted by atomic mass is 35.5. The van der Waals surface area contributed by atoms with Crippen LogP contribution in [0.1, 0.15) is 24.0 Å². The summed E-state index contributed by atoms with van der Waals surface area (Å²) in [5, 5.41) is 3.48. The van der Waals surface area contributed by atoms with Crippen LogP contribution in [0.25, 0.3) is 0 Å². The van der Waals surface area contributed by atoms with E-state index in [0.717, 1.165) is 11.1 Å². The third-order valence-electron chi connectivity index (χ3n) is 3.47. The molecule has 110 valence electrons. The average Bonchev–Trinajstić information content (AvgIpc) is 2.70. The number of rotatable bonds is 4. The molecule has 0 bridgehead atoms. The van der Waals surface area contributed by atoms with Crippen molar-refractivity contribution in [1.82, 2.24) is 5.32 Å². The van der Waals surface area contributed by atoms with E-state index in [4.69, 9.17) is 11.6 Å². The second kappa shape index (κ2) is 6.14. The molecular formula is C14H18ClNO3S. The van der Waals surface area contributed by atoms with Crippen LogP contribution in [0.5, 0.6) is 0 Å². The van der Waals surface area contributed by atoms with Crippen LogP contribution in [-0.2, 0) is 21.1 Å². The Morgan fingerprint density at radius 3 is 2.80 bits per heavy atom. The number of hydrogen-bond acceptors (Lipinski definition) is 3. The third-order valence-corrected chi connectivity index (χ3v) is 5.65. The molecule has 0 aliphatic carbocycles. The Bertz CT molecular complexity index is 613. The molecule has 0 radical (unpaired) electrons. The SMILES string of the molecule is Cc1ccc(CCC(=O)NC2CCS(=O)(=O)C2)cc1Cl. The van der Waals surface area contributed by atoms with Crippen LogP contribution >= 0.6 is 11.6 Å². The zero-order valence-corrected chi connectivity index (χ0v) is 12.9. The van der Waals surface area contributed by atoms with Gasteiger partial charge < -0.3 is 5.32 Å². The van der Waals surface area contributed by atoms with E-state index in [1.54, 1.807) is 0 Å². The molecule has 1 heterocycles. The molecule has 0 saturated carbocycles. The molecule has 6 heteroatoms. The number of sulfone groups is 1. The van der Waals surface area contributed by atoms with Gasteiger partial charge in [-0.3, -0.25) is 4.79 Å². The molecule has 0 aromatic heterocycles. The van der Waals surface area contributed by atoms with Gasteiger partial charge in [0.1, 0.15) is 0 Å². The van der Waals surface area contributed by atoms with E-state index in [0.29, 0.717) is 24.3 Å². The third kappa shape index (κ3) is 4.21. The van der Waals surface area contributed by atoms with Crippen molar-refractivity contribution < 1.29 is 13.2 Å². The molecule has 1 aliphatic rings. The molecule has 1 amide bonds. The molecule has 0 spiro atoms. The van der Waals surface area contributed by atoms with Gasteiger partial charge in [0.2, 0.25) is 5.91 Å². The normalized spacial score (nSPS) is 20.8. The quantitative estimate of drug-likeness (QED) is 0.923. The van der Waals surface area contributed by atoms with Gasteiger partial charge in [-0.15, -0.1) is 0 Å². The van der Waals surface area contributed by atoms with Crippen LogP contribution in [0.15, 0.2) is 18.2 Å². The van der Waals surface area contributed by atoms with Gasteiger partial charge in [-0.1, -0.05) is 23.7 Å². The van der Waals surface area contributed by atoms with Gasteiger partial charge in [0.05, 0.1) is 11.5 Å². The first kappa shape index (κ1) is 15.3. The summed E-state index contributed by atoms with van der Waals surface area (Å²) in [6.45, 7) is 1.93. The lowest BCUT2D eigenvalue weighted by atomic mass is 10.1. The molecule has 1 unspecified atom stereocenters. The Kier molecular flexibility index (Phi) is 4.70. The van der Waals surface area contributed by atoms with Crippen LogP contribution in [-0.4, -0.2) is 31.9 Å². The molecule has 1 atom stereocenters. The fourth-order valence-corrected chi connectivity index (χ4v) is 4.13. The molecule has 20 heavy (non-hydrogen) atoms. The first-order chi connectivity index (χ1) is 9.35. The number of benzene rings is 1. The largest absolute Gasteiger partial charge is 0.352 e. The molecule has 1 fully saturated rings. The maximum absolute atomic E-state index is 11.8. The van der Waals surface area contributed by atoms with E-state index in [1.165, 1.54) is 0 Å². The second-order valence-corrected chi connectivity index (χ2v) is 7.89. The number of amides is 1. The van der Waals surface area contributed by atoms with Crippen molar-refractivity contribution >= 4 is 27.3 Å². The maximum Gasteiger partial charge on any atom is 0.220 e. The molecule has 2 rings (SSSR count). The first-order valence-corrected chi connectivity index (χ1v) is 8.80. The number of carbonyl (C=O) groups excluding carboxylic acids is 1. The van der Waals surface area contributed by atoms with Crippen molar-refractivity contribution in [2.45, 2.75) is 32.2 Å². The van der Waals surface area contributed by atoms with E-state index in [9.17, 15) is 13.2 Å². The standard InChI is InChI=1S/C14H18ClNO3S/c1-10-2-3-11(8-13(10)15)4-5-14(17)16-12-6-7-20(18,19)9-12/h2-3,8,12H,4-7,9H2,1H3,(H,16,17). The van der Waals surface area contributed by atoms with Crippen molar-refractivity contribution in [1.29, 1.82) is 0 Å². The highest BCUT2D eigenvalue weighted by Crippen LogP contribution is 2.18. The second-order valence-electron chi connectivity index (χ2n) is 5.25. The van der Waals surface area contributed by atoms with Crippen LogP contribution in [0.3, 0.4) is 0 Å². The van der Waals surface area contributed by atoms with Crippen LogP contribution < -0.4 is 5.32 Å². The van der Waals surface area contributed by atoms with E-state index in [-0.39, 0.29) is 23.5 Å². The predicted molar refractivity (Wildman–Crippen MR) is 79.7 cm³/mol. The number of aryl methyl sites for hydroxylation is 2. The Labute approximate surface area is 124 Å². The number of hydrogen-bond donors (Lipinski definition) is 1. The van der Waals surface area contributed by atoms with Crippen LogP contribution in [0.2, 0.25) is 5.02 Å². The summed E-state index contributed by atoms with van der Waals surface area (Å²) >= 11 is 6.03. The minimum absolute atomic E-state index is 0.0646. The predicted octanol–water partition coefficient (Wildman–Crippen LogP) is 1.88. The molecule has 1 saturated heterocycles. The summed E-state index contributed by atoms with van der Waals surface area (Å²) in [6, 6.07) is 5.52. The van der Waals surface area contributed by atoms with Crippen molar-refractivity contribution in [2.24, 2.45) is 0 Å². The smallest absolute Gasteiger partial charge is 0.220 e. The highest BCUT2D eigenvalue weighted by molar-refractivity contribution is 7.91. The molecule has 1 aromatic rings. The Morgan fingerprint density at radius 1 is 1.45 bits per heavy atom. The van der Waals surface area contributed by atoms with Crippen molar-refractivity contribution in [3.8, 4) is 0 Å². The molecular weight excluding hydrogens is 298 g/mol. The summed E-state index contributed by atoms with van der Waals surface area (Å²) in [6.07, 6.45) is 1.46. The minimum Gasteiger partial charge on any atom is -0.352 e. The van der Waals surface area contributed by atoms with Gasteiger partial charge in [-0.05, 0) is 37.0 Å². The van der Waals surface area contributed by atoms with Crippen molar-refractivity contribution in [3.63, 3.8) is 0 Å². The summed E-state index contributed by atoms with van der Waals surface area (Å²) in [4.78, 5) is 11.8. The summed E-state index contributed by atoms with van der Waals surface area (Å²) in [7, 11) is -2.95. The topological polar surface area (TPSA) is 63.2 Å². The lowest BCUT2D eigenvalue weighted by Gasteiger charge is -2.11. The fraction of sp³-hybridized carbons (Fsp3) is 0.500. The number of carbonyl (C=O) groups is 1. The monoisotopic (exact) mass is 315 g/mol. The lowest BCUT2D eigenvalue weighted by molar-refractivity contribution is -0.121. The van der Waals surface area contributed by atoms with Gasteiger partial charge in [0.15, 0.2) is 9.84 Å². The summed E-state index contributed by atoms with van der Waals surface area (Å²) < 4.78 is 22.6. The van der Waals surface area contributed by atoms with Gasteiger partial charge >= 0.3 is 0 Å². The van der Waals surface area contributed by atoms with E-state index in [2.05, 4.69) is 5.32 Å².